The number of aromatic nitrogens is 1. The Balaban J connectivity index is 1.70. The van der Waals surface area contributed by atoms with Crippen molar-refractivity contribution in [2.24, 2.45) is 0 Å². The lowest BCUT2D eigenvalue weighted by Crippen LogP contribution is -2.03. The van der Waals surface area contributed by atoms with Gasteiger partial charge in [-0.15, -0.1) is 0 Å². The van der Waals surface area contributed by atoms with Crippen molar-refractivity contribution in [1.29, 1.82) is 0 Å². The topological polar surface area (TPSA) is 41.8 Å². The summed E-state index contributed by atoms with van der Waals surface area (Å²) >= 11 is 0. The second-order valence-electron chi connectivity index (χ2n) is 9.67. The SMILES string of the molecule is Cc1c(C)c(-c2c(-c3ccccc3)ccc3c2[nH]c2ccccc23)c2c(c1N)Cc1ccccc1-2. The third-order valence-corrected chi connectivity index (χ3v) is 7.89. The van der Waals surface area contributed by atoms with Gasteiger partial charge in [-0.1, -0.05) is 84.9 Å². The highest BCUT2D eigenvalue weighted by molar-refractivity contribution is 6.17. The van der Waals surface area contributed by atoms with E-state index in [9.17, 15) is 0 Å². The highest BCUT2D eigenvalue weighted by Gasteiger charge is 2.29. The Kier molecular flexibility index (Phi) is 4.22. The molecule has 2 heteroatoms. The fourth-order valence-corrected chi connectivity index (χ4v) is 6.03. The maximum Gasteiger partial charge on any atom is 0.0551 e. The van der Waals surface area contributed by atoms with Gasteiger partial charge in [0.05, 0.1) is 5.52 Å². The standard InChI is InChI=1S/C33H26N2/c1-19-20(2)32(34)27-18-22-12-6-7-13-23(22)30(27)29(19)31-24(21-10-4-3-5-11-21)16-17-26-25-14-8-9-15-28(25)35-33(26)31/h3-17,35H,18,34H2,1-2H3. The van der Waals surface area contributed by atoms with Crippen LogP contribution in [0, 0.1) is 13.8 Å². The molecule has 6 aromatic rings. The lowest BCUT2D eigenvalue weighted by atomic mass is 9.83. The molecule has 7 rings (SSSR count). The molecule has 168 valence electrons. The summed E-state index contributed by atoms with van der Waals surface area (Å²) in [5.41, 5.74) is 22.7. The van der Waals surface area contributed by atoms with E-state index in [1.165, 1.54) is 71.9 Å². The zero-order chi connectivity index (χ0) is 23.7. The minimum atomic E-state index is 0.884. The number of hydrogen-bond donors (Lipinski definition) is 2. The predicted octanol–water partition coefficient (Wildman–Crippen LogP) is 8.43. The van der Waals surface area contributed by atoms with Crippen LogP contribution in [0.5, 0.6) is 0 Å². The fraction of sp³-hybridized carbons (Fsp3) is 0.0909. The molecule has 2 nitrogen and oxygen atoms in total. The van der Waals surface area contributed by atoms with Crippen LogP contribution in [0.4, 0.5) is 5.69 Å². The molecule has 0 radical (unpaired) electrons. The van der Waals surface area contributed by atoms with Gasteiger partial charge in [0.1, 0.15) is 0 Å². The smallest absolute Gasteiger partial charge is 0.0551 e. The summed E-state index contributed by atoms with van der Waals surface area (Å²) in [6.45, 7) is 4.41. The summed E-state index contributed by atoms with van der Waals surface area (Å²) in [5, 5.41) is 2.51. The summed E-state index contributed by atoms with van der Waals surface area (Å²) < 4.78 is 0. The van der Waals surface area contributed by atoms with Gasteiger partial charge in [-0.25, -0.2) is 0 Å². The summed E-state index contributed by atoms with van der Waals surface area (Å²) in [5.74, 6) is 0. The minimum absolute atomic E-state index is 0.884. The number of rotatable bonds is 2. The average Bonchev–Trinajstić information content (AvgIpc) is 3.47. The Morgan fingerprint density at radius 1 is 0.629 bits per heavy atom. The first-order valence-corrected chi connectivity index (χ1v) is 12.2. The van der Waals surface area contributed by atoms with Crippen LogP contribution >= 0.6 is 0 Å². The van der Waals surface area contributed by atoms with Crippen LogP contribution in [0.15, 0.2) is 91.0 Å². The quantitative estimate of drug-likeness (QED) is 0.255. The molecular formula is C33H26N2. The molecule has 1 aromatic heterocycles. The molecule has 5 aromatic carbocycles. The van der Waals surface area contributed by atoms with Crippen LogP contribution in [0.1, 0.15) is 22.3 Å². The second-order valence-corrected chi connectivity index (χ2v) is 9.67. The van der Waals surface area contributed by atoms with Crippen molar-refractivity contribution in [1.82, 2.24) is 4.98 Å². The molecule has 35 heavy (non-hydrogen) atoms. The van der Waals surface area contributed by atoms with Gasteiger partial charge in [0.25, 0.3) is 0 Å². The number of hydrogen-bond acceptors (Lipinski definition) is 1. The Morgan fingerprint density at radius 3 is 2.23 bits per heavy atom. The third-order valence-electron chi connectivity index (χ3n) is 7.89. The van der Waals surface area contributed by atoms with Crippen LogP contribution in [0.3, 0.4) is 0 Å². The lowest BCUT2D eigenvalue weighted by molar-refractivity contribution is 1.24. The number of nitrogens with two attached hydrogens (primary N) is 1. The summed E-state index contributed by atoms with van der Waals surface area (Å²) in [4.78, 5) is 3.80. The Hall–Kier alpha value is -4.30. The van der Waals surface area contributed by atoms with Crippen molar-refractivity contribution in [3.05, 3.63) is 113 Å². The highest BCUT2D eigenvalue weighted by Crippen LogP contribution is 2.52. The van der Waals surface area contributed by atoms with Crippen LogP contribution in [-0.4, -0.2) is 4.98 Å². The number of nitrogen functional groups attached to an aromatic ring is 1. The summed E-state index contributed by atoms with van der Waals surface area (Å²) in [7, 11) is 0. The van der Waals surface area contributed by atoms with Crippen molar-refractivity contribution in [2.45, 2.75) is 20.3 Å². The van der Waals surface area contributed by atoms with E-state index >= 15 is 0 Å². The van der Waals surface area contributed by atoms with E-state index in [0.717, 1.165) is 17.6 Å². The van der Waals surface area contributed by atoms with E-state index in [1.54, 1.807) is 0 Å². The number of aromatic amines is 1. The van der Waals surface area contributed by atoms with Crippen LogP contribution < -0.4 is 5.73 Å². The van der Waals surface area contributed by atoms with Crippen molar-refractivity contribution >= 4 is 27.5 Å². The third kappa shape index (κ3) is 2.77. The van der Waals surface area contributed by atoms with Gasteiger partial charge < -0.3 is 10.7 Å². The number of para-hydroxylation sites is 1. The molecule has 0 saturated heterocycles. The zero-order valence-electron chi connectivity index (χ0n) is 19.9. The Bertz CT molecular complexity index is 1790. The molecule has 0 amide bonds. The van der Waals surface area contributed by atoms with Gasteiger partial charge in [-0.05, 0) is 70.0 Å². The number of H-pyrrole nitrogens is 1. The monoisotopic (exact) mass is 450 g/mol. The molecule has 1 aliphatic carbocycles. The first-order valence-electron chi connectivity index (χ1n) is 12.2. The van der Waals surface area contributed by atoms with Gasteiger partial charge >= 0.3 is 0 Å². The van der Waals surface area contributed by atoms with Crippen LogP contribution in [-0.2, 0) is 6.42 Å². The molecule has 0 saturated carbocycles. The molecule has 1 aliphatic rings. The Labute approximate surface area is 205 Å². The molecule has 0 atom stereocenters. The van der Waals surface area contributed by atoms with Gasteiger partial charge in [0.2, 0.25) is 0 Å². The van der Waals surface area contributed by atoms with E-state index in [2.05, 4.69) is 110 Å². The van der Waals surface area contributed by atoms with E-state index < -0.39 is 0 Å². The van der Waals surface area contributed by atoms with Crippen molar-refractivity contribution < 1.29 is 0 Å². The first kappa shape index (κ1) is 20.1. The van der Waals surface area contributed by atoms with Gasteiger partial charge in [-0.3, -0.25) is 0 Å². The van der Waals surface area contributed by atoms with E-state index in [1.807, 2.05) is 0 Å². The number of anilines is 1. The highest BCUT2D eigenvalue weighted by atomic mass is 14.7. The van der Waals surface area contributed by atoms with E-state index in [-0.39, 0.29) is 0 Å². The zero-order valence-corrected chi connectivity index (χ0v) is 19.9. The molecule has 1 heterocycles. The number of benzene rings is 5. The molecule has 0 spiro atoms. The van der Waals surface area contributed by atoms with Crippen LogP contribution in [0.25, 0.3) is 55.2 Å². The molecule has 0 bridgehead atoms. The fourth-order valence-electron chi connectivity index (χ4n) is 6.03. The lowest BCUT2D eigenvalue weighted by Gasteiger charge is -2.22. The average molecular weight is 451 g/mol. The summed E-state index contributed by atoms with van der Waals surface area (Å²) in [6.07, 6.45) is 0.884. The molecular weight excluding hydrogens is 424 g/mol. The predicted molar refractivity (Wildman–Crippen MR) is 149 cm³/mol. The molecule has 0 aliphatic heterocycles. The largest absolute Gasteiger partial charge is 0.398 e. The normalized spacial score (nSPS) is 12.3. The van der Waals surface area contributed by atoms with E-state index in [0.29, 0.717) is 0 Å². The Morgan fingerprint density at radius 2 is 1.37 bits per heavy atom. The molecule has 3 N–H and O–H groups in total. The molecule has 0 fully saturated rings. The number of nitrogens with one attached hydrogen (secondary N) is 1. The van der Waals surface area contributed by atoms with Crippen molar-refractivity contribution in [3.63, 3.8) is 0 Å². The van der Waals surface area contributed by atoms with E-state index in [4.69, 9.17) is 5.73 Å². The first-order chi connectivity index (χ1) is 17.1. The van der Waals surface area contributed by atoms with Crippen LogP contribution in [0.2, 0.25) is 0 Å². The van der Waals surface area contributed by atoms with Crippen molar-refractivity contribution in [2.75, 3.05) is 5.73 Å². The second kappa shape index (κ2) is 7.35. The van der Waals surface area contributed by atoms with Gasteiger partial charge in [0.15, 0.2) is 0 Å². The molecule has 0 unspecified atom stereocenters. The van der Waals surface area contributed by atoms with Gasteiger partial charge in [0, 0.05) is 34.0 Å². The van der Waals surface area contributed by atoms with Gasteiger partial charge in [-0.2, -0.15) is 0 Å². The van der Waals surface area contributed by atoms with Crippen molar-refractivity contribution in [3.8, 4) is 33.4 Å². The number of fused-ring (bicyclic) bond motifs is 6. The summed E-state index contributed by atoms with van der Waals surface area (Å²) in [6, 6.07) is 32.7. The maximum atomic E-state index is 6.78. The minimum Gasteiger partial charge on any atom is -0.398 e. The maximum absolute atomic E-state index is 6.78.